The molecule has 0 saturated heterocycles. The highest BCUT2D eigenvalue weighted by atomic mass is 16.6. The third kappa shape index (κ3) is 2.88. The zero-order chi connectivity index (χ0) is 14.7. The van der Waals surface area contributed by atoms with Gasteiger partial charge in [0.1, 0.15) is 0 Å². The zero-order valence-corrected chi connectivity index (χ0v) is 11.5. The lowest BCUT2D eigenvalue weighted by Gasteiger charge is -2.17. The predicted octanol–water partition coefficient (Wildman–Crippen LogP) is 3.66. The van der Waals surface area contributed by atoms with Crippen molar-refractivity contribution in [2.45, 2.75) is 19.9 Å². The van der Waals surface area contributed by atoms with Crippen LogP contribution in [0, 0.1) is 17.0 Å². The van der Waals surface area contributed by atoms with E-state index in [4.69, 9.17) is 5.73 Å². The molecule has 1 atom stereocenters. The fourth-order valence-electron chi connectivity index (χ4n) is 2.08. The Balaban J connectivity index is 2.23. The second-order valence-corrected chi connectivity index (χ2v) is 4.74. The van der Waals surface area contributed by atoms with E-state index in [0.717, 1.165) is 11.3 Å². The Hall–Kier alpha value is -2.56. The second kappa shape index (κ2) is 5.61. The zero-order valence-electron chi connectivity index (χ0n) is 11.5. The number of nitrogens with zero attached hydrogens (tertiary/aromatic N) is 1. The van der Waals surface area contributed by atoms with Gasteiger partial charge in [-0.25, -0.2) is 0 Å². The summed E-state index contributed by atoms with van der Waals surface area (Å²) < 4.78 is 0. The van der Waals surface area contributed by atoms with Crippen LogP contribution >= 0.6 is 0 Å². The summed E-state index contributed by atoms with van der Waals surface area (Å²) in [5, 5.41) is 14.2. The molecule has 0 fully saturated rings. The van der Waals surface area contributed by atoms with Crippen LogP contribution in [0.3, 0.4) is 0 Å². The third-order valence-corrected chi connectivity index (χ3v) is 3.31. The van der Waals surface area contributed by atoms with Crippen LogP contribution in [0.15, 0.2) is 42.5 Å². The minimum Gasteiger partial charge on any atom is -0.399 e. The molecule has 2 rings (SSSR count). The normalized spacial score (nSPS) is 11.9. The summed E-state index contributed by atoms with van der Waals surface area (Å²) in [6, 6.07) is 12.6. The fraction of sp³-hybridized carbons (Fsp3) is 0.200. The van der Waals surface area contributed by atoms with Crippen molar-refractivity contribution in [3.05, 3.63) is 63.7 Å². The Morgan fingerprint density at radius 1 is 1.20 bits per heavy atom. The average Bonchev–Trinajstić information content (AvgIpc) is 2.41. The highest BCUT2D eigenvalue weighted by Crippen LogP contribution is 2.28. The van der Waals surface area contributed by atoms with E-state index in [1.165, 1.54) is 6.07 Å². The molecule has 0 radical (unpaired) electrons. The number of nitrogen functional groups attached to an aromatic ring is 1. The Morgan fingerprint density at radius 2 is 1.85 bits per heavy atom. The van der Waals surface area contributed by atoms with Crippen LogP contribution in [0.2, 0.25) is 0 Å². The SMILES string of the molecule is Cc1c(NC(C)c2ccc(N)cc2)cccc1[N+](=O)[O-]. The summed E-state index contributed by atoms with van der Waals surface area (Å²) in [4.78, 5) is 10.6. The van der Waals surface area contributed by atoms with Gasteiger partial charge in [-0.3, -0.25) is 10.1 Å². The second-order valence-electron chi connectivity index (χ2n) is 4.74. The van der Waals surface area contributed by atoms with Gasteiger partial charge in [0, 0.05) is 29.0 Å². The molecule has 0 heterocycles. The van der Waals surface area contributed by atoms with Crippen molar-refractivity contribution >= 4 is 17.1 Å². The molecule has 0 bridgehead atoms. The van der Waals surface area contributed by atoms with Crippen LogP contribution < -0.4 is 11.1 Å². The van der Waals surface area contributed by atoms with E-state index < -0.39 is 0 Å². The van der Waals surface area contributed by atoms with Gasteiger partial charge in [-0.15, -0.1) is 0 Å². The lowest BCUT2D eigenvalue weighted by molar-refractivity contribution is -0.385. The van der Waals surface area contributed by atoms with Gasteiger partial charge >= 0.3 is 0 Å². The molecule has 3 N–H and O–H groups in total. The average molecular weight is 271 g/mol. The summed E-state index contributed by atoms with van der Waals surface area (Å²) in [5.74, 6) is 0. The van der Waals surface area contributed by atoms with Crippen LogP contribution in [0.5, 0.6) is 0 Å². The number of nitro benzene ring substituents is 1. The first-order valence-electron chi connectivity index (χ1n) is 6.35. The van der Waals surface area contributed by atoms with Gasteiger partial charge < -0.3 is 11.1 Å². The van der Waals surface area contributed by atoms with E-state index in [1.807, 2.05) is 37.3 Å². The van der Waals surface area contributed by atoms with Gasteiger partial charge in [-0.1, -0.05) is 18.2 Å². The van der Waals surface area contributed by atoms with Crippen LogP contribution in [0.1, 0.15) is 24.1 Å². The summed E-state index contributed by atoms with van der Waals surface area (Å²) in [5.41, 5.74) is 8.98. The minimum atomic E-state index is -0.367. The van der Waals surface area contributed by atoms with Gasteiger partial charge in [0.15, 0.2) is 0 Å². The predicted molar refractivity (Wildman–Crippen MR) is 80.7 cm³/mol. The monoisotopic (exact) mass is 271 g/mol. The van der Waals surface area contributed by atoms with Crippen molar-refractivity contribution in [1.29, 1.82) is 0 Å². The summed E-state index contributed by atoms with van der Waals surface area (Å²) in [6.45, 7) is 3.75. The number of hydrogen-bond donors (Lipinski definition) is 2. The van der Waals surface area contributed by atoms with E-state index in [-0.39, 0.29) is 16.7 Å². The van der Waals surface area contributed by atoms with Gasteiger partial charge in [-0.05, 0) is 37.6 Å². The lowest BCUT2D eigenvalue weighted by atomic mass is 10.1. The Kier molecular flexibility index (Phi) is 3.89. The quantitative estimate of drug-likeness (QED) is 0.505. The molecule has 0 aliphatic heterocycles. The molecule has 0 saturated carbocycles. The van der Waals surface area contributed by atoms with Crippen molar-refractivity contribution in [3.8, 4) is 0 Å². The fourth-order valence-corrected chi connectivity index (χ4v) is 2.08. The number of nitrogens with two attached hydrogens (primary N) is 1. The lowest BCUT2D eigenvalue weighted by Crippen LogP contribution is -2.08. The Labute approximate surface area is 117 Å². The van der Waals surface area contributed by atoms with Crippen molar-refractivity contribution in [3.63, 3.8) is 0 Å². The molecule has 0 aromatic heterocycles. The molecular weight excluding hydrogens is 254 g/mol. The van der Waals surface area contributed by atoms with E-state index in [2.05, 4.69) is 5.32 Å². The first kappa shape index (κ1) is 13.9. The molecule has 5 heteroatoms. The van der Waals surface area contributed by atoms with Crippen molar-refractivity contribution < 1.29 is 4.92 Å². The maximum Gasteiger partial charge on any atom is 0.274 e. The summed E-state index contributed by atoms with van der Waals surface area (Å²) in [6.07, 6.45) is 0. The maximum absolute atomic E-state index is 10.9. The smallest absolute Gasteiger partial charge is 0.274 e. The van der Waals surface area contributed by atoms with E-state index in [0.29, 0.717) is 11.3 Å². The first-order valence-corrected chi connectivity index (χ1v) is 6.35. The van der Waals surface area contributed by atoms with Crippen LogP contribution in [-0.4, -0.2) is 4.92 Å². The number of benzene rings is 2. The molecule has 0 amide bonds. The molecule has 0 spiro atoms. The van der Waals surface area contributed by atoms with Gasteiger partial charge in [0.25, 0.3) is 5.69 Å². The number of rotatable bonds is 4. The molecule has 104 valence electrons. The molecule has 20 heavy (non-hydrogen) atoms. The maximum atomic E-state index is 10.9. The van der Waals surface area contributed by atoms with Crippen molar-refractivity contribution in [2.24, 2.45) is 0 Å². The Morgan fingerprint density at radius 3 is 2.45 bits per heavy atom. The number of anilines is 2. The van der Waals surface area contributed by atoms with Crippen LogP contribution in [0.25, 0.3) is 0 Å². The highest BCUT2D eigenvalue weighted by Gasteiger charge is 2.14. The number of nitro groups is 1. The van der Waals surface area contributed by atoms with Crippen LogP contribution in [-0.2, 0) is 0 Å². The molecule has 5 nitrogen and oxygen atoms in total. The largest absolute Gasteiger partial charge is 0.399 e. The Bertz CT molecular complexity index is 624. The first-order chi connectivity index (χ1) is 9.49. The topological polar surface area (TPSA) is 81.2 Å². The molecule has 0 aliphatic carbocycles. The van der Waals surface area contributed by atoms with Crippen LogP contribution in [0.4, 0.5) is 17.1 Å². The van der Waals surface area contributed by atoms with Gasteiger partial charge in [0.05, 0.1) is 4.92 Å². The third-order valence-electron chi connectivity index (χ3n) is 3.31. The number of nitrogens with one attached hydrogen (secondary N) is 1. The summed E-state index contributed by atoms with van der Waals surface area (Å²) >= 11 is 0. The van der Waals surface area contributed by atoms with E-state index in [9.17, 15) is 10.1 Å². The molecule has 2 aromatic rings. The number of hydrogen-bond acceptors (Lipinski definition) is 4. The minimum absolute atomic E-state index is 0.0382. The summed E-state index contributed by atoms with van der Waals surface area (Å²) in [7, 11) is 0. The molecule has 0 aliphatic rings. The van der Waals surface area contributed by atoms with Gasteiger partial charge in [0.2, 0.25) is 0 Å². The standard InChI is InChI=1S/C15H17N3O2/c1-10-14(4-3-5-15(10)18(19)20)17-11(2)12-6-8-13(16)9-7-12/h3-9,11,17H,16H2,1-2H3. The van der Waals surface area contributed by atoms with E-state index >= 15 is 0 Å². The molecular formula is C15H17N3O2. The van der Waals surface area contributed by atoms with Crippen molar-refractivity contribution in [1.82, 2.24) is 0 Å². The van der Waals surface area contributed by atoms with Gasteiger partial charge in [-0.2, -0.15) is 0 Å². The highest BCUT2D eigenvalue weighted by molar-refractivity contribution is 5.60. The van der Waals surface area contributed by atoms with Crippen molar-refractivity contribution in [2.75, 3.05) is 11.1 Å². The molecule has 1 unspecified atom stereocenters. The molecule has 2 aromatic carbocycles. The van der Waals surface area contributed by atoms with E-state index in [1.54, 1.807) is 13.0 Å².